The van der Waals surface area contributed by atoms with E-state index in [1.165, 1.54) is 10.8 Å². The Morgan fingerprint density at radius 1 is 1.24 bits per heavy atom. The molecule has 0 fully saturated rings. The Kier molecular flexibility index (Phi) is 4.63. The zero-order valence-corrected chi connectivity index (χ0v) is 13.0. The Labute approximate surface area is 126 Å². The number of fused-ring (bicyclic) bond motifs is 1. The fourth-order valence-corrected chi connectivity index (χ4v) is 2.55. The van der Waals surface area contributed by atoms with Gasteiger partial charge < -0.3 is 11.1 Å². The number of hydrogen-bond acceptors (Lipinski definition) is 2. The molecule has 21 heavy (non-hydrogen) atoms. The molecule has 112 valence electrons. The summed E-state index contributed by atoms with van der Waals surface area (Å²) < 4.78 is 0. The van der Waals surface area contributed by atoms with E-state index in [2.05, 4.69) is 35.6 Å². The van der Waals surface area contributed by atoms with Crippen molar-refractivity contribution in [1.29, 1.82) is 0 Å². The molecule has 0 spiro atoms. The lowest BCUT2D eigenvalue weighted by molar-refractivity contribution is -0.126. The number of carbonyl (C=O) groups excluding carboxylic acids is 1. The molecule has 0 heterocycles. The number of hydrogen-bond donors (Lipinski definition) is 2. The summed E-state index contributed by atoms with van der Waals surface area (Å²) in [6.07, 6.45) is 1.58. The first-order chi connectivity index (χ1) is 9.94. The van der Waals surface area contributed by atoms with Gasteiger partial charge in [0.1, 0.15) is 0 Å². The number of rotatable bonds is 5. The van der Waals surface area contributed by atoms with Crippen LogP contribution in [0, 0.1) is 0 Å². The van der Waals surface area contributed by atoms with Gasteiger partial charge in [-0.15, -0.1) is 0 Å². The van der Waals surface area contributed by atoms with Gasteiger partial charge in [-0.25, -0.2) is 0 Å². The number of nitrogens with two attached hydrogens (primary N) is 1. The first-order valence-electron chi connectivity index (χ1n) is 7.52. The highest BCUT2D eigenvalue weighted by Gasteiger charge is 2.28. The van der Waals surface area contributed by atoms with Crippen LogP contribution in [0.3, 0.4) is 0 Å². The van der Waals surface area contributed by atoms with E-state index in [0.29, 0.717) is 6.42 Å². The van der Waals surface area contributed by atoms with E-state index in [-0.39, 0.29) is 11.9 Å². The van der Waals surface area contributed by atoms with Gasteiger partial charge in [-0.2, -0.15) is 0 Å². The minimum absolute atomic E-state index is 0.0539. The van der Waals surface area contributed by atoms with Crippen LogP contribution in [0.25, 0.3) is 10.8 Å². The minimum Gasteiger partial charge on any atom is -0.348 e. The maximum absolute atomic E-state index is 12.3. The lowest BCUT2D eigenvalue weighted by Crippen LogP contribution is -2.52. The van der Waals surface area contributed by atoms with Gasteiger partial charge in [-0.05, 0) is 42.7 Å². The van der Waals surface area contributed by atoms with Gasteiger partial charge in [0.2, 0.25) is 5.91 Å². The van der Waals surface area contributed by atoms with Crippen LogP contribution in [0.1, 0.15) is 45.2 Å². The topological polar surface area (TPSA) is 55.1 Å². The molecule has 3 nitrogen and oxygen atoms in total. The van der Waals surface area contributed by atoms with Gasteiger partial charge in [0, 0.05) is 0 Å². The van der Waals surface area contributed by atoms with Crippen molar-refractivity contribution in [3.05, 3.63) is 48.0 Å². The fourth-order valence-electron chi connectivity index (χ4n) is 2.55. The summed E-state index contributed by atoms with van der Waals surface area (Å²) in [7, 11) is 0. The van der Waals surface area contributed by atoms with Crippen LogP contribution in [-0.4, -0.2) is 11.4 Å². The molecule has 0 saturated carbocycles. The Bertz CT molecular complexity index is 634. The number of amides is 1. The fraction of sp³-hybridized carbons (Fsp3) is 0.389. The van der Waals surface area contributed by atoms with Crippen molar-refractivity contribution in [2.24, 2.45) is 5.73 Å². The van der Waals surface area contributed by atoms with Crippen LogP contribution in [0.4, 0.5) is 0 Å². The standard InChI is InChI=1S/C18H24N2O/c1-4-11-18(3,19)17(21)20-13(2)15-10-9-14-7-5-6-8-16(14)12-15/h5-10,12-13H,4,11,19H2,1-3H3,(H,20,21). The molecule has 0 aliphatic carbocycles. The van der Waals surface area contributed by atoms with E-state index in [1.54, 1.807) is 6.92 Å². The molecule has 2 rings (SSSR count). The van der Waals surface area contributed by atoms with Gasteiger partial charge in [0.15, 0.2) is 0 Å². The summed E-state index contributed by atoms with van der Waals surface area (Å²) in [5.41, 5.74) is 6.36. The third kappa shape index (κ3) is 3.61. The highest BCUT2D eigenvalue weighted by Crippen LogP contribution is 2.21. The highest BCUT2D eigenvalue weighted by atomic mass is 16.2. The van der Waals surface area contributed by atoms with Crippen molar-refractivity contribution in [1.82, 2.24) is 5.32 Å². The lowest BCUT2D eigenvalue weighted by atomic mass is 9.95. The molecule has 2 atom stereocenters. The number of nitrogens with one attached hydrogen (secondary N) is 1. The third-order valence-corrected chi connectivity index (χ3v) is 3.91. The first-order valence-corrected chi connectivity index (χ1v) is 7.52. The number of carbonyl (C=O) groups is 1. The summed E-state index contributed by atoms with van der Waals surface area (Å²) in [6.45, 7) is 5.81. The SMILES string of the molecule is CCCC(C)(N)C(=O)NC(C)c1ccc2ccccc2c1. The van der Waals surface area contributed by atoms with Gasteiger partial charge in [-0.3, -0.25) is 4.79 Å². The summed E-state index contributed by atoms with van der Waals surface area (Å²) in [5.74, 6) is -0.0926. The average Bonchev–Trinajstić information content (AvgIpc) is 2.46. The molecule has 2 aromatic carbocycles. The second-order valence-corrected chi connectivity index (χ2v) is 5.97. The molecule has 2 unspecified atom stereocenters. The zero-order chi connectivity index (χ0) is 15.5. The Morgan fingerprint density at radius 3 is 2.57 bits per heavy atom. The molecule has 0 radical (unpaired) electrons. The third-order valence-electron chi connectivity index (χ3n) is 3.91. The zero-order valence-electron chi connectivity index (χ0n) is 13.0. The van der Waals surface area contributed by atoms with Crippen molar-refractivity contribution in [3.8, 4) is 0 Å². The Balaban J connectivity index is 2.15. The molecule has 0 aliphatic heterocycles. The summed E-state index contributed by atoms with van der Waals surface area (Å²) >= 11 is 0. The molecule has 0 bridgehead atoms. The molecular formula is C18H24N2O. The number of benzene rings is 2. The van der Waals surface area contributed by atoms with Crippen LogP contribution in [0.5, 0.6) is 0 Å². The Morgan fingerprint density at radius 2 is 1.90 bits per heavy atom. The van der Waals surface area contributed by atoms with Crippen molar-refractivity contribution in [2.75, 3.05) is 0 Å². The largest absolute Gasteiger partial charge is 0.348 e. The lowest BCUT2D eigenvalue weighted by Gasteiger charge is -2.25. The van der Waals surface area contributed by atoms with E-state index in [9.17, 15) is 4.79 Å². The van der Waals surface area contributed by atoms with E-state index >= 15 is 0 Å². The second-order valence-electron chi connectivity index (χ2n) is 5.97. The van der Waals surface area contributed by atoms with Gasteiger partial charge in [-0.1, -0.05) is 49.7 Å². The van der Waals surface area contributed by atoms with E-state index in [0.717, 1.165) is 12.0 Å². The van der Waals surface area contributed by atoms with Gasteiger partial charge in [0.05, 0.1) is 11.6 Å². The summed E-state index contributed by atoms with van der Waals surface area (Å²) in [6, 6.07) is 14.4. The van der Waals surface area contributed by atoms with E-state index in [1.807, 2.05) is 26.0 Å². The van der Waals surface area contributed by atoms with E-state index in [4.69, 9.17) is 5.73 Å². The second kappa shape index (κ2) is 6.27. The predicted molar refractivity (Wildman–Crippen MR) is 88.0 cm³/mol. The Hall–Kier alpha value is -1.87. The van der Waals surface area contributed by atoms with Crippen LogP contribution in [0.15, 0.2) is 42.5 Å². The molecule has 1 amide bonds. The van der Waals surface area contributed by atoms with Crippen molar-refractivity contribution in [3.63, 3.8) is 0 Å². The maximum atomic E-state index is 12.3. The summed E-state index contributed by atoms with van der Waals surface area (Å²) in [4.78, 5) is 12.3. The predicted octanol–water partition coefficient (Wildman–Crippen LogP) is 3.53. The van der Waals surface area contributed by atoms with Crippen molar-refractivity contribution < 1.29 is 4.79 Å². The summed E-state index contributed by atoms with van der Waals surface area (Å²) in [5, 5.41) is 5.41. The van der Waals surface area contributed by atoms with Gasteiger partial charge >= 0.3 is 0 Å². The van der Waals surface area contributed by atoms with Crippen LogP contribution in [-0.2, 0) is 4.79 Å². The molecule has 2 aromatic rings. The molecule has 3 heteroatoms. The normalized spacial score (nSPS) is 15.4. The molecule has 0 saturated heterocycles. The smallest absolute Gasteiger partial charge is 0.240 e. The minimum atomic E-state index is -0.806. The monoisotopic (exact) mass is 284 g/mol. The van der Waals surface area contributed by atoms with Crippen molar-refractivity contribution in [2.45, 2.75) is 45.2 Å². The average molecular weight is 284 g/mol. The molecular weight excluding hydrogens is 260 g/mol. The van der Waals surface area contributed by atoms with Crippen LogP contribution >= 0.6 is 0 Å². The highest BCUT2D eigenvalue weighted by molar-refractivity contribution is 5.86. The quantitative estimate of drug-likeness (QED) is 0.882. The maximum Gasteiger partial charge on any atom is 0.240 e. The van der Waals surface area contributed by atoms with Crippen LogP contribution < -0.4 is 11.1 Å². The molecule has 0 aliphatic rings. The molecule has 3 N–H and O–H groups in total. The van der Waals surface area contributed by atoms with E-state index < -0.39 is 5.54 Å². The van der Waals surface area contributed by atoms with Crippen molar-refractivity contribution >= 4 is 16.7 Å². The van der Waals surface area contributed by atoms with Gasteiger partial charge in [0.25, 0.3) is 0 Å². The molecule has 0 aromatic heterocycles. The first kappa shape index (κ1) is 15.5. The van der Waals surface area contributed by atoms with Crippen LogP contribution in [0.2, 0.25) is 0 Å².